The molecular formula is C16H22N2OS. The second kappa shape index (κ2) is 8.04. The summed E-state index contributed by atoms with van der Waals surface area (Å²) in [4.78, 5) is 3.66. The van der Waals surface area contributed by atoms with Crippen molar-refractivity contribution in [3.05, 3.63) is 52.2 Å². The number of methoxy groups -OCH3 is 1. The van der Waals surface area contributed by atoms with Crippen molar-refractivity contribution in [2.45, 2.75) is 13.1 Å². The van der Waals surface area contributed by atoms with Gasteiger partial charge in [0.15, 0.2) is 0 Å². The second-order valence-electron chi connectivity index (χ2n) is 4.77. The van der Waals surface area contributed by atoms with Crippen LogP contribution in [0.3, 0.4) is 0 Å². The van der Waals surface area contributed by atoms with E-state index in [-0.39, 0.29) is 0 Å². The van der Waals surface area contributed by atoms with Gasteiger partial charge in [-0.25, -0.2) is 0 Å². The summed E-state index contributed by atoms with van der Waals surface area (Å²) >= 11 is 1.80. The van der Waals surface area contributed by atoms with Crippen molar-refractivity contribution < 1.29 is 4.74 Å². The second-order valence-corrected chi connectivity index (χ2v) is 5.80. The Balaban J connectivity index is 1.84. The van der Waals surface area contributed by atoms with Gasteiger partial charge in [-0.2, -0.15) is 0 Å². The first-order valence-corrected chi connectivity index (χ1v) is 7.69. The van der Waals surface area contributed by atoms with Gasteiger partial charge in [0.1, 0.15) is 0 Å². The molecule has 2 aromatic rings. The molecule has 0 atom stereocenters. The number of hydrogen-bond donors (Lipinski definition) is 1. The zero-order valence-corrected chi connectivity index (χ0v) is 13.0. The molecular weight excluding hydrogens is 268 g/mol. The van der Waals surface area contributed by atoms with Crippen LogP contribution in [0.2, 0.25) is 0 Å². The van der Waals surface area contributed by atoms with Crippen molar-refractivity contribution in [3.8, 4) is 0 Å². The van der Waals surface area contributed by atoms with Crippen LogP contribution in [0.5, 0.6) is 0 Å². The van der Waals surface area contributed by atoms with E-state index in [1.54, 1.807) is 18.4 Å². The van der Waals surface area contributed by atoms with E-state index in [1.165, 1.54) is 16.1 Å². The Bertz CT molecular complexity index is 482. The van der Waals surface area contributed by atoms with Gasteiger partial charge in [-0.15, -0.1) is 11.3 Å². The molecule has 4 heteroatoms. The third-order valence-corrected chi connectivity index (χ3v) is 4.02. The van der Waals surface area contributed by atoms with E-state index < -0.39 is 0 Å². The van der Waals surface area contributed by atoms with E-state index >= 15 is 0 Å². The first-order valence-electron chi connectivity index (χ1n) is 6.81. The molecule has 0 radical (unpaired) electrons. The molecule has 0 unspecified atom stereocenters. The Hall–Kier alpha value is -1.36. The lowest BCUT2D eigenvalue weighted by atomic mass is 10.2. The number of benzene rings is 1. The Labute approximate surface area is 125 Å². The van der Waals surface area contributed by atoms with Crippen molar-refractivity contribution in [2.24, 2.45) is 0 Å². The molecule has 0 spiro atoms. The van der Waals surface area contributed by atoms with Crippen LogP contribution in [0.25, 0.3) is 0 Å². The lowest BCUT2D eigenvalue weighted by Crippen LogP contribution is -2.19. The van der Waals surface area contributed by atoms with Gasteiger partial charge in [0.05, 0.1) is 13.2 Å². The zero-order chi connectivity index (χ0) is 14.2. The summed E-state index contributed by atoms with van der Waals surface area (Å²) in [7, 11) is 3.85. The first kappa shape index (κ1) is 15.0. The van der Waals surface area contributed by atoms with E-state index in [2.05, 4.69) is 59.0 Å². The average molecular weight is 290 g/mol. The molecule has 0 saturated carbocycles. The summed E-state index contributed by atoms with van der Waals surface area (Å²) < 4.78 is 5.01. The van der Waals surface area contributed by atoms with Crippen LogP contribution in [0.15, 0.2) is 41.8 Å². The van der Waals surface area contributed by atoms with Crippen LogP contribution in [-0.4, -0.2) is 27.3 Å². The number of thiophene rings is 1. The summed E-state index contributed by atoms with van der Waals surface area (Å²) in [5, 5.41) is 5.47. The fraction of sp³-hybridized carbons (Fsp3) is 0.375. The molecule has 2 rings (SSSR count). The zero-order valence-electron chi connectivity index (χ0n) is 12.1. The SMILES string of the molecule is COCCNCc1ccc(N(C)Cc2cccs2)cc1. The lowest BCUT2D eigenvalue weighted by molar-refractivity contribution is 0.199. The van der Waals surface area contributed by atoms with Crippen LogP contribution in [0, 0.1) is 0 Å². The molecule has 0 aliphatic rings. The molecule has 1 heterocycles. The molecule has 0 bridgehead atoms. The third-order valence-electron chi connectivity index (χ3n) is 3.16. The fourth-order valence-corrected chi connectivity index (χ4v) is 2.76. The highest BCUT2D eigenvalue weighted by Gasteiger charge is 2.03. The van der Waals surface area contributed by atoms with Gasteiger partial charge in [0.25, 0.3) is 0 Å². The average Bonchev–Trinajstić information content (AvgIpc) is 2.97. The van der Waals surface area contributed by atoms with Gasteiger partial charge in [-0.1, -0.05) is 18.2 Å². The molecule has 108 valence electrons. The standard InChI is InChI=1S/C16H22N2OS/c1-18(13-16-4-3-11-20-16)15-7-5-14(6-8-15)12-17-9-10-19-2/h3-8,11,17H,9-10,12-13H2,1-2H3. The van der Waals surface area contributed by atoms with E-state index in [9.17, 15) is 0 Å². The molecule has 0 amide bonds. The third kappa shape index (κ3) is 4.63. The Morgan fingerprint density at radius 3 is 2.65 bits per heavy atom. The van der Waals surface area contributed by atoms with Gasteiger partial charge in [0, 0.05) is 37.8 Å². The number of nitrogens with one attached hydrogen (secondary N) is 1. The van der Waals surface area contributed by atoms with Crippen molar-refractivity contribution in [2.75, 3.05) is 32.2 Å². The molecule has 0 saturated heterocycles. The van der Waals surface area contributed by atoms with Crippen molar-refractivity contribution in [1.29, 1.82) is 0 Å². The maximum absolute atomic E-state index is 5.01. The van der Waals surface area contributed by atoms with Crippen molar-refractivity contribution in [3.63, 3.8) is 0 Å². The monoisotopic (exact) mass is 290 g/mol. The predicted molar refractivity (Wildman–Crippen MR) is 86.5 cm³/mol. The minimum absolute atomic E-state index is 0.752. The van der Waals surface area contributed by atoms with Gasteiger partial charge in [-0.05, 0) is 29.1 Å². The largest absolute Gasteiger partial charge is 0.383 e. The minimum atomic E-state index is 0.752. The molecule has 1 aromatic heterocycles. The molecule has 1 aromatic carbocycles. The maximum Gasteiger partial charge on any atom is 0.0587 e. The highest BCUT2D eigenvalue weighted by molar-refractivity contribution is 7.09. The molecule has 20 heavy (non-hydrogen) atoms. The number of ether oxygens (including phenoxy) is 1. The van der Waals surface area contributed by atoms with Crippen LogP contribution >= 0.6 is 11.3 Å². The maximum atomic E-state index is 5.01. The lowest BCUT2D eigenvalue weighted by Gasteiger charge is -2.18. The number of anilines is 1. The smallest absolute Gasteiger partial charge is 0.0587 e. The summed E-state index contributed by atoms with van der Waals surface area (Å²) in [6, 6.07) is 13.0. The van der Waals surface area contributed by atoms with Gasteiger partial charge in [-0.3, -0.25) is 0 Å². The van der Waals surface area contributed by atoms with E-state index in [1.807, 2.05) is 0 Å². The first-order chi connectivity index (χ1) is 9.79. The number of nitrogens with zero attached hydrogens (tertiary/aromatic N) is 1. The van der Waals surface area contributed by atoms with Gasteiger partial charge >= 0.3 is 0 Å². The highest BCUT2D eigenvalue weighted by Crippen LogP contribution is 2.18. The summed E-state index contributed by atoms with van der Waals surface area (Å²) in [5.41, 5.74) is 2.55. The predicted octanol–water partition coefficient (Wildman–Crippen LogP) is 3.12. The normalized spacial score (nSPS) is 10.7. The molecule has 3 nitrogen and oxygen atoms in total. The van der Waals surface area contributed by atoms with Crippen LogP contribution in [-0.2, 0) is 17.8 Å². The van der Waals surface area contributed by atoms with Gasteiger partial charge in [0.2, 0.25) is 0 Å². The van der Waals surface area contributed by atoms with Gasteiger partial charge < -0.3 is 15.0 Å². The van der Waals surface area contributed by atoms with Crippen LogP contribution < -0.4 is 10.2 Å². The van der Waals surface area contributed by atoms with E-state index in [0.29, 0.717) is 0 Å². The molecule has 0 aliphatic carbocycles. The van der Waals surface area contributed by atoms with Crippen LogP contribution in [0.4, 0.5) is 5.69 Å². The highest BCUT2D eigenvalue weighted by atomic mass is 32.1. The van der Waals surface area contributed by atoms with Crippen LogP contribution in [0.1, 0.15) is 10.4 Å². The summed E-state index contributed by atoms with van der Waals surface area (Å²) in [6.45, 7) is 3.49. The van der Waals surface area contributed by atoms with E-state index in [4.69, 9.17) is 4.74 Å². The summed E-state index contributed by atoms with van der Waals surface area (Å²) in [6.07, 6.45) is 0. The molecule has 0 aliphatic heterocycles. The molecule has 1 N–H and O–H groups in total. The number of rotatable bonds is 8. The molecule has 0 fully saturated rings. The Kier molecular flexibility index (Phi) is 6.05. The minimum Gasteiger partial charge on any atom is -0.383 e. The fourth-order valence-electron chi connectivity index (χ4n) is 2.00. The quantitative estimate of drug-likeness (QED) is 0.756. The number of hydrogen-bond acceptors (Lipinski definition) is 4. The topological polar surface area (TPSA) is 24.5 Å². The van der Waals surface area contributed by atoms with E-state index in [0.717, 1.165) is 26.2 Å². The van der Waals surface area contributed by atoms with Crippen molar-refractivity contribution >= 4 is 17.0 Å². The summed E-state index contributed by atoms with van der Waals surface area (Å²) in [5.74, 6) is 0. The Morgan fingerprint density at radius 2 is 2.00 bits per heavy atom. The Morgan fingerprint density at radius 1 is 1.20 bits per heavy atom. The van der Waals surface area contributed by atoms with Crippen molar-refractivity contribution in [1.82, 2.24) is 5.32 Å².